The maximum Gasteiger partial charge on any atom is 0.216 e. The lowest BCUT2D eigenvalue weighted by molar-refractivity contribution is 0.103. The second-order valence-electron chi connectivity index (χ2n) is 3.13. The average molecular weight is 205 g/mol. The molecule has 2 aromatic heterocycles. The van der Waals surface area contributed by atoms with Crippen LogP contribution < -0.4 is 5.73 Å². The summed E-state index contributed by atoms with van der Waals surface area (Å²) in [6.07, 6.45) is 6.15. The third-order valence-electron chi connectivity index (χ3n) is 2.04. The van der Waals surface area contributed by atoms with Gasteiger partial charge in [-0.15, -0.1) is 0 Å². The van der Waals surface area contributed by atoms with E-state index < -0.39 is 0 Å². The predicted octanol–water partition coefficient (Wildman–Crippen LogP) is 0.666. The molecule has 15 heavy (non-hydrogen) atoms. The lowest BCUT2D eigenvalue weighted by Gasteiger charge is -1.95. The van der Waals surface area contributed by atoms with E-state index in [-0.39, 0.29) is 5.78 Å². The molecule has 78 valence electrons. The first kappa shape index (κ1) is 9.67. The van der Waals surface area contributed by atoms with Crippen molar-refractivity contribution in [2.75, 3.05) is 6.54 Å². The van der Waals surface area contributed by atoms with E-state index >= 15 is 0 Å². The van der Waals surface area contributed by atoms with E-state index in [1.54, 1.807) is 23.2 Å². The fourth-order valence-corrected chi connectivity index (χ4v) is 1.29. The van der Waals surface area contributed by atoms with E-state index in [0.717, 1.165) is 0 Å². The smallest absolute Gasteiger partial charge is 0.216 e. The van der Waals surface area contributed by atoms with Crippen LogP contribution in [-0.4, -0.2) is 21.9 Å². The minimum absolute atomic E-state index is 0.139. The van der Waals surface area contributed by atoms with Crippen molar-refractivity contribution >= 4 is 5.78 Å². The Kier molecular flexibility index (Phi) is 2.64. The number of aromatic nitrogens is 2. The van der Waals surface area contributed by atoms with Crippen molar-refractivity contribution < 1.29 is 9.21 Å². The van der Waals surface area contributed by atoms with Gasteiger partial charge in [0, 0.05) is 19.3 Å². The minimum atomic E-state index is -0.139. The SMILES string of the molecule is NCCn1cnc(C(=O)c2ccoc2)c1. The Morgan fingerprint density at radius 2 is 2.47 bits per heavy atom. The fourth-order valence-electron chi connectivity index (χ4n) is 1.29. The van der Waals surface area contributed by atoms with E-state index in [1.807, 2.05) is 0 Å². The Balaban J connectivity index is 2.19. The molecule has 0 saturated heterocycles. The third kappa shape index (κ3) is 1.97. The molecule has 0 aliphatic heterocycles. The Morgan fingerprint density at radius 1 is 1.60 bits per heavy atom. The van der Waals surface area contributed by atoms with Crippen molar-refractivity contribution in [3.05, 3.63) is 42.4 Å². The molecular weight excluding hydrogens is 194 g/mol. The molecule has 0 amide bonds. The molecule has 2 heterocycles. The molecule has 2 rings (SSSR count). The van der Waals surface area contributed by atoms with Gasteiger partial charge in [-0.1, -0.05) is 0 Å². The van der Waals surface area contributed by atoms with Crippen LogP contribution in [0.2, 0.25) is 0 Å². The van der Waals surface area contributed by atoms with Crippen molar-refractivity contribution in [1.82, 2.24) is 9.55 Å². The molecule has 0 fully saturated rings. The van der Waals surface area contributed by atoms with E-state index in [1.165, 1.54) is 12.5 Å². The maximum atomic E-state index is 11.8. The number of nitrogens with two attached hydrogens (primary N) is 1. The molecule has 0 aromatic carbocycles. The number of hydrogen-bond acceptors (Lipinski definition) is 4. The molecule has 0 aliphatic carbocycles. The Bertz CT molecular complexity index is 445. The molecule has 0 saturated carbocycles. The van der Waals surface area contributed by atoms with Gasteiger partial charge in [0.15, 0.2) is 0 Å². The van der Waals surface area contributed by atoms with Crippen molar-refractivity contribution in [3.63, 3.8) is 0 Å². The summed E-state index contributed by atoms with van der Waals surface area (Å²) >= 11 is 0. The predicted molar refractivity (Wildman–Crippen MR) is 53.4 cm³/mol. The van der Waals surface area contributed by atoms with Gasteiger partial charge in [0.25, 0.3) is 0 Å². The second kappa shape index (κ2) is 4.10. The molecule has 0 atom stereocenters. The molecule has 2 N–H and O–H groups in total. The van der Waals surface area contributed by atoms with Gasteiger partial charge in [0.2, 0.25) is 5.78 Å². The first-order valence-corrected chi connectivity index (χ1v) is 4.60. The highest BCUT2D eigenvalue weighted by atomic mass is 16.3. The Labute approximate surface area is 86.5 Å². The van der Waals surface area contributed by atoms with Gasteiger partial charge in [0.1, 0.15) is 12.0 Å². The van der Waals surface area contributed by atoms with E-state index in [0.29, 0.717) is 24.3 Å². The summed E-state index contributed by atoms with van der Waals surface area (Å²) in [5, 5.41) is 0. The lowest BCUT2D eigenvalue weighted by Crippen LogP contribution is -2.08. The highest BCUT2D eigenvalue weighted by Gasteiger charge is 2.12. The number of hydrogen-bond donors (Lipinski definition) is 1. The first-order valence-electron chi connectivity index (χ1n) is 4.60. The molecule has 0 unspecified atom stereocenters. The monoisotopic (exact) mass is 205 g/mol. The van der Waals surface area contributed by atoms with Crippen LogP contribution in [0.4, 0.5) is 0 Å². The first-order chi connectivity index (χ1) is 7.31. The van der Waals surface area contributed by atoms with Crippen molar-refractivity contribution in [2.45, 2.75) is 6.54 Å². The molecule has 5 nitrogen and oxygen atoms in total. The van der Waals surface area contributed by atoms with Gasteiger partial charge in [-0.3, -0.25) is 4.79 Å². The molecule has 5 heteroatoms. The molecule has 0 aliphatic rings. The van der Waals surface area contributed by atoms with Crippen LogP contribution >= 0.6 is 0 Å². The normalized spacial score (nSPS) is 10.5. The van der Waals surface area contributed by atoms with Gasteiger partial charge in [0.05, 0.1) is 18.2 Å². The average Bonchev–Trinajstić information content (AvgIpc) is 2.87. The summed E-state index contributed by atoms with van der Waals surface area (Å²) in [6, 6.07) is 1.62. The lowest BCUT2D eigenvalue weighted by atomic mass is 10.2. The fraction of sp³-hybridized carbons (Fsp3) is 0.200. The summed E-state index contributed by atoms with van der Waals surface area (Å²) in [5.41, 5.74) is 6.31. The number of carbonyl (C=O) groups is 1. The van der Waals surface area contributed by atoms with Crippen LogP contribution in [0.15, 0.2) is 35.5 Å². The van der Waals surface area contributed by atoms with Gasteiger partial charge in [-0.05, 0) is 6.07 Å². The molecule has 0 bridgehead atoms. The van der Waals surface area contributed by atoms with E-state index in [4.69, 9.17) is 10.2 Å². The van der Waals surface area contributed by atoms with Gasteiger partial charge in [-0.2, -0.15) is 0 Å². The summed E-state index contributed by atoms with van der Waals surface area (Å²) < 4.78 is 6.62. The number of rotatable bonds is 4. The zero-order valence-corrected chi connectivity index (χ0v) is 8.09. The highest BCUT2D eigenvalue weighted by Crippen LogP contribution is 2.08. The third-order valence-corrected chi connectivity index (χ3v) is 2.04. The van der Waals surface area contributed by atoms with E-state index in [2.05, 4.69) is 4.98 Å². The molecule has 2 aromatic rings. The quantitative estimate of drug-likeness (QED) is 0.744. The summed E-state index contributed by atoms with van der Waals surface area (Å²) in [7, 11) is 0. The standard InChI is InChI=1S/C10H11N3O2/c11-2-3-13-5-9(12-7-13)10(14)8-1-4-15-6-8/h1,4-7H,2-3,11H2. The van der Waals surface area contributed by atoms with Gasteiger partial charge < -0.3 is 14.7 Å². The van der Waals surface area contributed by atoms with Crippen molar-refractivity contribution in [3.8, 4) is 0 Å². The zero-order valence-electron chi connectivity index (χ0n) is 8.09. The van der Waals surface area contributed by atoms with Crippen molar-refractivity contribution in [2.24, 2.45) is 5.73 Å². The molecule has 0 radical (unpaired) electrons. The largest absolute Gasteiger partial charge is 0.472 e. The van der Waals surface area contributed by atoms with Gasteiger partial charge >= 0.3 is 0 Å². The van der Waals surface area contributed by atoms with Crippen LogP contribution in [0.1, 0.15) is 16.1 Å². The number of carbonyl (C=O) groups excluding carboxylic acids is 1. The summed E-state index contributed by atoms with van der Waals surface area (Å²) in [4.78, 5) is 15.8. The molecule has 0 spiro atoms. The van der Waals surface area contributed by atoms with Crippen LogP contribution in [0, 0.1) is 0 Å². The Morgan fingerprint density at radius 3 is 3.13 bits per heavy atom. The number of imidazole rings is 1. The summed E-state index contributed by atoms with van der Waals surface area (Å²) in [6.45, 7) is 1.18. The topological polar surface area (TPSA) is 74.1 Å². The number of ketones is 1. The Hall–Kier alpha value is -1.88. The van der Waals surface area contributed by atoms with Crippen LogP contribution in [0.3, 0.4) is 0 Å². The van der Waals surface area contributed by atoms with E-state index in [9.17, 15) is 4.79 Å². The highest BCUT2D eigenvalue weighted by molar-refractivity contribution is 6.07. The van der Waals surface area contributed by atoms with Crippen molar-refractivity contribution in [1.29, 1.82) is 0 Å². The van der Waals surface area contributed by atoms with Gasteiger partial charge in [-0.25, -0.2) is 4.98 Å². The van der Waals surface area contributed by atoms with Crippen LogP contribution in [-0.2, 0) is 6.54 Å². The summed E-state index contributed by atoms with van der Waals surface area (Å²) in [5.74, 6) is -0.139. The maximum absolute atomic E-state index is 11.8. The molecular formula is C10H11N3O2. The number of furan rings is 1. The van der Waals surface area contributed by atoms with Crippen LogP contribution in [0.25, 0.3) is 0 Å². The minimum Gasteiger partial charge on any atom is -0.472 e. The zero-order chi connectivity index (χ0) is 10.7. The second-order valence-corrected chi connectivity index (χ2v) is 3.13. The van der Waals surface area contributed by atoms with Crippen LogP contribution in [0.5, 0.6) is 0 Å². The number of nitrogens with zero attached hydrogens (tertiary/aromatic N) is 2.